The molecule has 0 unspecified atom stereocenters. The summed E-state index contributed by atoms with van der Waals surface area (Å²) in [5, 5.41) is 22.8. The van der Waals surface area contributed by atoms with E-state index in [1.807, 2.05) is 32.1 Å². The minimum Gasteiger partial charge on any atom is -0.458 e. The van der Waals surface area contributed by atoms with Crippen LogP contribution in [-0.4, -0.2) is 46.3 Å². The number of hydrogen-bond acceptors (Lipinski definition) is 6. The van der Waals surface area contributed by atoms with E-state index in [1.54, 1.807) is 6.92 Å². The molecule has 212 valence electrons. The second-order valence-electron chi connectivity index (χ2n) is 13.8. The minimum atomic E-state index is -0.769. The van der Waals surface area contributed by atoms with E-state index in [1.165, 1.54) is 6.92 Å². The molecule has 0 amide bonds. The van der Waals surface area contributed by atoms with E-state index in [4.69, 9.17) is 10.5 Å². The van der Waals surface area contributed by atoms with E-state index in [9.17, 15) is 19.8 Å². The summed E-state index contributed by atoms with van der Waals surface area (Å²) >= 11 is 0. The molecule has 0 spiro atoms. The average molecular weight is 528 g/mol. The molecular weight excluding hydrogens is 478 g/mol. The Kier molecular flexibility index (Phi) is 7.70. The van der Waals surface area contributed by atoms with Crippen LogP contribution in [0.3, 0.4) is 0 Å². The van der Waals surface area contributed by atoms with Gasteiger partial charge in [-0.2, -0.15) is 0 Å². The average Bonchev–Trinajstić information content (AvgIpc) is 3.10. The first kappa shape index (κ1) is 29.2. The molecule has 6 heteroatoms. The van der Waals surface area contributed by atoms with Crippen LogP contribution in [0.2, 0.25) is 0 Å². The summed E-state index contributed by atoms with van der Waals surface area (Å²) in [6.45, 7) is 16.0. The van der Waals surface area contributed by atoms with Crippen molar-refractivity contribution < 1.29 is 24.5 Å². The molecule has 0 aromatic heterocycles. The van der Waals surface area contributed by atoms with Gasteiger partial charge in [0.15, 0.2) is 5.78 Å². The summed E-state index contributed by atoms with van der Waals surface area (Å²) in [5.41, 5.74) is 8.61. The monoisotopic (exact) mass is 527 g/mol. The van der Waals surface area contributed by atoms with Gasteiger partial charge >= 0.3 is 5.97 Å². The molecule has 4 saturated carbocycles. The van der Waals surface area contributed by atoms with Crippen molar-refractivity contribution in [3.05, 3.63) is 34.9 Å². The predicted molar refractivity (Wildman–Crippen MR) is 149 cm³/mol. The molecule has 38 heavy (non-hydrogen) atoms. The lowest BCUT2D eigenvalue weighted by Crippen LogP contribution is -2.71. The fourth-order valence-electron chi connectivity index (χ4n) is 9.71. The zero-order valence-corrected chi connectivity index (χ0v) is 24.6. The molecule has 0 saturated heterocycles. The van der Waals surface area contributed by atoms with Crippen LogP contribution in [0.25, 0.3) is 0 Å². The van der Waals surface area contributed by atoms with Gasteiger partial charge in [0.1, 0.15) is 6.10 Å². The van der Waals surface area contributed by atoms with Crippen LogP contribution >= 0.6 is 0 Å². The third kappa shape index (κ3) is 4.26. The van der Waals surface area contributed by atoms with E-state index in [0.29, 0.717) is 17.9 Å². The van der Waals surface area contributed by atoms with Gasteiger partial charge in [-0.15, -0.1) is 0 Å². The van der Waals surface area contributed by atoms with E-state index in [2.05, 4.69) is 27.7 Å². The zero-order valence-electron chi connectivity index (χ0n) is 24.6. The summed E-state index contributed by atoms with van der Waals surface area (Å²) < 4.78 is 5.94. The fraction of sp³-hybridized carbons (Fsp3) is 0.750. The number of nitrogens with two attached hydrogens (primary N) is 1. The van der Waals surface area contributed by atoms with Crippen LogP contribution in [0.5, 0.6) is 0 Å². The third-order valence-electron chi connectivity index (χ3n) is 11.5. The molecule has 0 aromatic carbocycles. The first-order valence-electron chi connectivity index (χ1n) is 14.5. The van der Waals surface area contributed by atoms with Gasteiger partial charge in [0.25, 0.3) is 0 Å². The number of carbonyl (C=O) groups excluding carboxylic acids is 2. The maximum absolute atomic E-state index is 13.1. The van der Waals surface area contributed by atoms with Crippen LogP contribution in [0, 0.1) is 39.9 Å². The van der Waals surface area contributed by atoms with Gasteiger partial charge in [0.2, 0.25) is 0 Å². The van der Waals surface area contributed by atoms with Crippen LogP contribution in [0.4, 0.5) is 0 Å². The highest BCUT2D eigenvalue weighted by Gasteiger charge is 2.72. The molecule has 4 N–H and O–H groups in total. The summed E-state index contributed by atoms with van der Waals surface area (Å²) in [7, 11) is 0. The number of carbonyl (C=O) groups is 2. The summed E-state index contributed by atoms with van der Waals surface area (Å²) in [6, 6.07) is -0.599. The Labute approximate surface area is 228 Å². The van der Waals surface area contributed by atoms with Crippen LogP contribution in [-0.2, 0) is 14.3 Å². The van der Waals surface area contributed by atoms with Crippen molar-refractivity contribution in [2.24, 2.45) is 45.7 Å². The number of rotatable bonds is 4. The van der Waals surface area contributed by atoms with Gasteiger partial charge in [0.05, 0.1) is 12.2 Å². The number of Topliss-reactive ketones (excluding diaryl/α,β-unsaturated/α-hetero) is 1. The molecule has 4 rings (SSSR count). The lowest BCUT2D eigenvalue weighted by molar-refractivity contribution is -0.239. The lowest BCUT2D eigenvalue weighted by atomic mass is 9.36. The van der Waals surface area contributed by atoms with Crippen molar-refractivity contribution in [2.45, 2.75) is 112 Å². The van der Waals surface area contributed by atoms with Gasteiger partial charge in [-0.1, -0.05) is 51.5 Å². The van der Waals surface area contributed by atoms with Crippen LogP contribution < -0.4 is 5.73 Å². The summed E-state index contributed by atoms with van der Waals surface area (Å²) in [5.74, 6) is -0.354. The van der Waals surface area contributed by atoms with Gasteiger partial charge in [-0.05, 0) is 92.4 Å². The van der Waals surface area contributed by atoms with Crippen molar-refractivity contribution in [1.29, 1.82) is 0 Å². The highest BCUT2D eigenvalue weighted by atomic mass is 16.5. The van der Waals surface area contributed by atoms with E-state index >= 15 is 0 Å². The van der Waals surface area contributed by atoms with Gasteiger partial charge in [0, 0.05) is 24.5 Å². The molecule has 11 atom stereocenters. The molecule has 0 heterocycles. The lowest BCUT2D eigenvalue weighted by Gasteiger charge is -2.70. The standard InChI is InChI=1S/C32H49NO5/c1-17(2)10-9-11-21(19(4)34)25-24(38-20(5)35)16-32(8)26(25)27(33)28(37)29-30(6)14-13-23(36)18(3)22(30)12-15-31(29,32)7/h9-11,18,22-24,26-29,36-37H,12-16,33H2,1-8H3/b11-9+,25-21+/t18-,22-,23+,24-,26+,27+,28+,29-,30-,31-,32-/m0/s1. The Morgan fingerprint density at radius 2 is 1.68 bits per heavy atom. The van der Waals surface area contributed by atoms with Crippen molar-refractivity contribution in [3.8, 4) is 0 Å². The number of aliphatic hydroxyl groups is 2. The molecule has 0 radical (unpaired) electrons. The predicted octanol–water partition coefficient (Wildman–Crippen LogP) is 4.88. The van der Waals surface area contributed by atoms with Crippen LogP contribution in [0.15, 0.2) is 34.9 Å². The van der Waals surface area contributed by atoms with Gasteiger partial charge < -0.3 is 20.7 Å². The van der Waals surface area contributed by atoms with Crippen molar-refractivity contribution >= 4 is 11.8 Å². The molecule has 4 aliphatic rings. The molecule has 4 aliphatic carbocycles. The Morgan fingerprint density at radius 1 is 1.03 bits per heavy atom. The number of esters is 1. The largest absolute Gasteiger partial charge is 0.458 e. The SMILES string of the molecule is CC(=O)O[C@H]1C[C@@]2(C)[C@H](/C1=C(\C=C\C=C(C)C)C(C)=O)[C@@H](N)[C@@H](O)[C@H]1[C@@]3(C)CC[C@@H](O)[C@@H](C)[C@@H]3CC[C@@]12C. The summed E-state index contributed by atoms with van der Waals surface area (Å²) in [4.78, 5) is 25.4. The Hall–Kier alpha value is -1.76. The molecular formula is C32H49NO5. The second kappa shape index (κ2) is 10.0. The number of aliphatic hydroxyl groups excluding tert-OH is 2. The Morgan fingerprint density at radius 3 is 2.26 bits per heavy atom. The topological polar surface area (TPSA) is 110 Å². The normalized spacial score (nSPS) is 47.6. The van der Waals surface area contributed by atoms with Crippen molar-refractivity contribution in [2.75, 3.05) is 0 Å². The van der Waals surface area contributed by atoms with E-state index < -0.39 is 18.2 Å². The van der Waals surface area contributed by atoms with E-state index in [0.717, 1.165) is 36.8 Å². The maximum Gasteiger partial charge on any atom is 0.303 e. The highest BCUT2D eigenvalue weighted by Crippen LogP contribution is 2.74. The number of allylic oxidation sites excluding steroid dienone is 5. The molecule has 6 nitrogen and oxygen atoms in total. The highest BCUT2D eigenvalue weighted by molar-refractivity contribution is 5.97. The Balaban J connectivity index is 1.91. The minimum absolute atomic E-state index is 0.0562. The first-order valence-corrected chi connectivity index (χ1v) is 14.5. The second-order valence-corrected chi connectivity index (χ2v) is 13.8. The first-order chi connectivity index (χ1) is 17.6. The molecule has 4 fully saturated rings. The zero-order chi connectivity index (χ0) is 28.4. The van der Waals surface area contributed by atoms with Crippen molar-refractivity contribution in [1.82, 2.24) is 0 Å². The van der Waals surface area contributed by atoms with Gasteiger partial charge in [-0.25, -0.2) is 0 Å². The quantitative estimate of drug-likeness (QED) is 0.273. The Bertz CT molecular complexity index is 1070. The van der Waals surface area contributed by atoms with Crippen LogP contribution in [0.1, 0.15) is 87.5 Å². The van der Waals surface area contributed by atoms with E-state index in [-0.39, 0.29) is 51.9 Å². The molecule has 0 aliphatic heterocycles. The number of hydrogen-bond donors (Lipinski definition) is 3. The number of ketones is 1. The number of fused-ring (bicyclic) bond motifs is 5. The fourth-order valence-corrected chi connectivity index (χ4v) is 9.71. The smallest absolute Gasteiger partial charge is 0.303 e. The van der Waals surface area contributed by atoms with Gasteiger partial charge in [-0.3, -0.25) is 9.59 Å². The third-order valence-corrected chi connectivity index (χ3v) is 11.5. The molecule has 0 bridgehead atoms. The molecule has 0 aromatic rings. The maximum atomic E-state index is 13.1. The number of ether oxygens (including phenoxy) is 1. The summed E-state index contributed by atoms with van der Waals surface area (Å²) in [6.07, 6.45) is 8.03. The van der Waals surface area contributed by atoms with Crippen molar-refractivity contribution in [3.63, 3.8) is 0 Å².